The van der Waals surface area contributed by atoms with Crippen molar-refractivity contribution in [2.24, 2.45) is 0 Å². The number of carbonyl (C=O) groups is 1. The molecule has 1 heterocycles. The maximum absolute atomic E-state index is 10.8. The molecule has 1 atom stereocenters. The minimum atomic E-state index is -0.891. The van der Waals surface area contributed by atoms with Crippen molar-refractivity contribution in [3.8, 4) is 0 Å². The highest BCUT2D eigenvalue weighted by Crippen LogP contribution is 2.26. The number of carboxylic acid groups (broad SMARTS) is 1. The van der Waals surface area contributed by atoms with E-state index in [4.69, 9.17) is 9.84 Å². The molecule has 1 aromatic rings. The Balaban J connectivity index is 2.18. The molecule has 0 bridgehead atoms. The van der Waals surface area contributed by atoms with Crippen LogP contribution in [0.4, 0.5) is 5.69 Å². The lowest BCUT2D eigenvalue weighted by Gasteiger charge is -2.43. The van der Waals surface area contributed by atoms with Crippen molar-refractivity contribution in [2.45, 2.75) is 32.5 Å². The summed E-state index contributed by atoms with van der Waals surface area (Å²) in [5, 5.41) is 8.88. The molecule has 98 valence electrons. The van der Waals surface area contributed by atoms with Crippen LogP contribution < -0.4 is 4.90 Å². The van der Waals surface area contributed by atoms with Crippen molar-refractivity contribution in [2.75, 3.05) is 18.0 Å². The molecule has 1 aromatic carbocycles. The zero-order valence-corrected chi connectivity index (χ0v) is 11.0. The third-order valence-corrected chi connectivity index (χ3v) is 3.05. The maximum atomic E-state index is 10.8. The monoisotopic (exact) mass is 249 g/mol. The van der Waals surface area contributed by atoms with Gasteiger partial charge in [0.25, 0.3) is 0 Å². The number of aromatic carboxylic acids is 1. The van der Waals surface area contributed by atoms with Crippen molar-refractivity contribution in [3.05, 3.63) is 29.8 Å². The Morgan fingerprint density at radius 2 is 2.00 bits per heavy atom. The van der Waals surface area contributed by atoms with E-state index in [0.717, 1.165) is 18.8 Å². The van der Waals surface area contributed by atoms with Crippen molar-refractivity contribution < 1.29 is 14.6 Å². The predicted octanol–water partition coefficient (Wildman–Crippen LogP) is 2.39. The molecule has 18 heavy (non-hydrogen) atoms. The summed E-state index contributed by atoms with van der Waals surface area (Å²) in [4.78, 5) is 13.0. The Morgan fingerprint density at radius 3 is 2.50 bits per heavy atom. The van der Waals surface area contributed by atoms with E-state index in [1.165, 1.54) is 0 Å². The summed E-state index contributed by atoms with van der Waals surface area (Å²) >= 11 is 0. The molecular weight excluding hydrogens is 230 g/mol. The van der Waals surface area contributed by atoms with E-state index in [1.807, 2.05) is 12.1 Å². The summed E-state index contributed by atoms with van der Waals surface area (Å²) in [7, 11) is 0. The highest BCUT2D eigenvalue weighted by Gasteiger charge is 2.31. The standard InChI is InChI=1S/C14H19NO3/c1-10-8-15(9-14(2,3)18-10)12-6-4-11(5-7-12)13(16)17/h4-7,10H,8-9H2,1-3H3,(H,16,17). The van der Waals surface area contributed by atoms with Crippen LogP contribution in [0.3, 0.4) is 0 Å². The van der Waals surface area contributed by atoms with Crippen LogP contribution in [-0.4, -0.2) is 35.9 Å². The number of hydrogen-bond donors (Lipinski definition) is 1. The number of hydrogen-bond acceptors (Lipinski definition) is 3. The molecule has 1 unspecified atom stereocenters. The molecule has 1 fully saturated rings. The molecule has 0 saturated carbocycles. The van der Waals surface area contributed by atoms with Crippen LogP contribution in [0.1, 0.15) is 31.1 Å². The topological polar surface area (TPSA) is 49.8 Å². The number of ether oxygens (including phenoxy) is 1. The first-order valence-corrected chi connectivity index (χ1v) is 6.13. The first kappa shape index (κ1) is 12.9. The molecule has 0 spiro atoms. The van der Waals surface area contributed by atoms with Crippen LogP contribution in [0.15, 0.2) is 24.3 Å². The Bertz CT molecular complexity index is 439. The normalized spacial score (nSPS) is 22.8. The number of carboxylic acids is 1. The summed E-state index contributed by atoms with van der Waals surface area (Å²) in [5.41, 5.74) is 1.19. The first-order chi connectivity index (χ1) is 8.37. The van der Waals surface area contributed by atoms with E-state index in [0.29, 0.717) is 5.56 Å². The first-order valence-electron chi connectivity index (χ1n) is 6.13. The van der Waals surface area contributed by atoms with Crippen LogP contribution in [0.2, 0.25) is 0 Å². The summed E-state index contributed by atoms with van der Waals surface area (Å²) in [6.07, 6.45) is 0.174. The minimum absolute atomic E-state index is 0.174. The van der Waals surface area contributed by atoms with Gasteiger partial charge in [-0.3, -0.25) is 0 Å². The van der Waals surface area contributed by atoms with Crippen molar-refractivity contribution >= 4 is 11.7 Å². The molecular formula is C14H19NO3. The Labute approximate surface area is 107 Å². The van der Waals surface area contributed by atoms with Gasteiger partial charge < -0.3 is 14.7 Å². The Morgan fingerprint density at radius 1 is 1.39 bits per heavy atom. The zero-order chi connectivity index (χ0) is 13.3. The third-order valence-electron chi connectivity index (χ3n) is 3.05. The van der Waals surface area contributed by atoms with Crippen LogP contribution in [-0.2, 0) is 4.74 Å². The predicted molar refractivity (Wildman–Crippen MR) is 70.2 cm³/mol. The lowest BCUT2D eigenvalue weighted by molar-refractivity contribution is -0.0749. The minimum Gasteiger partial charge on any atom is -0.478 e. The van der Waals surface area contributed by atoms with E-state index in [9.17, 15) is 4.79 Å². The van der Waals surface area contributed by atoms with E-state index >= 15 is 0 Å². The molecule has 2 rings (SSSR count). The van der Waals surface area contributed by atoms with Gasteiger partial charge in [-0.2, -0.15) is 0 Å². The molecule has 0 amide bonds. The fourth-order valence-electron chi connectivity index (χ4n) is 2.47. The SMILES string of the molecule is CC1CN(c2ccc(C(=O)O)cc2)CC(C)(C)O1. The molecule has 4 heteroatoms. The highest BCUT2D eigenvalue weighted by molar-refractivity contribution is 5.88. The van der Waals surface area contributed by atoms with Gasteiger partial charge in [-0.05, 0) is 45.0 Å². The molecule has 1 aliphatic heterocycles. The summed E-state index contributed by atoms with van der Waals surface area (Å²) in [6, 6.07) is 7.00. The van der Waals surface area contributed by atoms with Gasteiger partial charge in [-0.15, -0.1) is 0 Å². The Kier molecular flexibility index (Phi) is 3.30. The smallest absolute Gasteiger partial charge is 0.335 e. The van der Waals surface area contributed by atoms with E-state index in [1.54, 1.807) is 12.1 Å². The van der Waals surface area contributed by atoms with Gasteiger partial charge in [0.05, 0.1) is 17.3 Å². The highest BCUT2D eigenvalue weighted by atomic mass is 16.5. The molecule has 0 aliphatic carbocycles. The molecule has 4 nitrogen and oxygen atoms in total. The van der Waals surface area contributed by atoms with E-state index in [-0.39, 0.29) is 11.7 Å². The average molecular weight is 249 g/mol. The number of nitrogens with zero attached hydrogens (tertiary/aromatic N) is 1. The quantitative estimate of drug-likeness (QED) is 0.874. The van der Waals surface area contributed by atoms with Gasteiger partial charge >= 0.3 is 5.97 Å². The summed E-state index contributed by atoms with van der Waals surface area (Å²) in [6.45, 7) is 7.84. The van der Waals surface area contributed by atoms with Crippen LogP contribution in [0.5, 0.6) is 0 Å². The van der Waals surface area contributed by atoms with Gasteiger partial charge in [0, 0.05) is 18.8 Å². The summed E-state index contributed by atoms with van der Waals surface area (Å²) in [5.74, 6) is -0.891. The second-order valence-electron chi connectivity index (χ2n) is 5.42. The Hall–Kier alpha value is -1.55. The van der Waals surface area contributed by atoms with Gasteiger partial charge in [-0.1, -0.05) is 0 Å². The second kappa shape index (κ2) is 4.61. The summed E-state index contributed by atoms with van der Waals surface area (Å²) < 4.78 is 5.85. The van der Waals surface area contributed by atoms with Gasteiger partial charge in [0.15, 0.2) is 0 Å². The maximum Gasteiger partial charge on any atom is 0.335 e. The lowest BCUT2D eigenvalue weighted by Crippen LogP contribution is -2.52. The zero-order valence-electron chi connectivity index (χ0n) is 11.0. The van der Waals surface area contributed by atoms with Crippen LogP contribution in [0, 0.1) is 0 Å². The molecule has 1 N–H and O–H groups in total. The lowest BCUT2D eigenvalue weighted by atomic mass is 10.0. The van der Waals surface area contributed by atoms with Gasteiger partial charge in [-0.25, -0.2) is 4.79 Å². The van der Waals surface area contributed by atoms with Crippen molar-refractivity contribution in [1.29, 1.82) is 0 Å². The van der Waals surface area contributed by atoms with E-state index in [2.05, 4.69) is 25.7 Å². The van der Waals surface area contributed by atoms with E-state index < -0.39 is 5.97 Å². The largest absolute Gasteiger partial charge is 0.478 e. The van der Waals surface area contributed by atoms with Crippen molar-refractivity contribution in [1.82, 2.24) is 0 Å². The number of morpholine rings is 1. The van der Waals surface area contributed by atoms with Gasteiger partial charge in [0.2, 0.25) is 0 Å². The van der Waals surface area contributed by atoms with Crippen LogP contribution >= 0.6 is 0 Å². The number of benzene rings is 1. The number of anilines is 1. The second-order valence-corrected chi connectivity index (χ2v) is 5.42. The molecule has 0 aromatic heterocycles. The van der Waals surface area contributed by atoms with Gasteiger partial charge in [0.1, 0.15) is 0 Å². The fraction of sp³-hybridized carbons (Fsp3) is 0.500. The third kappa shape index (κ3) is 2.82. The molecule has 1 saturated heterocycles. The van der Waals surface area contributed by atoms with Crippen LogP contribution in [0.25, 0.3) is 0 Å². The fourth-order valence-corrected chi connectivity index (χ4v) is 2.47. The molecule has 0 radical (unpaired) electrons. The number of rotatable bonds is 2. The van der Waals surface area contributed by atoms with Crippen molar-refractivity contribution in [3.63, 3.8) is 0 Å². The average Bonchev–Trinajstić information content (AvgIpc) is 2.26. The molecule has 1 aliphatic rings.